The van der Waals surface area contributed by atoms with Crippen LogP contribution in [0.3, 0.4) is 0 Å². The summed E-state index contributed by atoms with van der Waals surface area (Å²) >= 11 is 0. The maximum Gasteiger partial charge on any atom is 0.475 e. The minimum atomic E-state index is -1.76. The number of rotatable bonds is 13. The normalized spacial score (nSPS) is 18.1. The number of hydrogen-bond donors (Lipinski definition) is 5. The molecule has 1 heterocycles. The summed E-state index contributed by atoms with van der Waals surface area (Å²) in [7, 11) is -1.76. The number of amides is 2. The van der Waals surface area contributed by atoms with Gasteiger partial charge in [-0.15, -0.1) is 0 Å². The van der Waals surface area contributed by atoms with Gasteiger partial charge in [0.1, 0.15) is 0 Å². The van der Waals surface area contributed by atoms with Gasteiger partial charge in [0.25, 0.3) is 5.96 Å². The summed E-state index contributed by atoms with van der Waals surface area (Å²) in [6.07, 6.45) is 1.97. The van der Waals surface area contributed by atoms with Gasteiger partial charge in [0, 0.05) is 32.4 Å². The zero-order valence-corrected chi connectivity index (χ0v) is 19.4. The van der Waals surface area contributed by atoms with E-state index in [2.05, 4.69) is 10.3 Å². The highest BCUT2D eigenvalue weighted by Crippen LogP contribution is 2.23. The third kappa shape index (κ3) is 10.2. The molecule has 3 atom stereocenters. The van der Waals surface area contributed by atoms with Crippen LogP contribution < -0.4 is 16.5 Å². The van der Waals surface area contributed by atoms with Crippen molar-refractivity contribution in [3.05, 3.63) is 10.1 Å². The van der Waals surface area contributed by atoms with E-state index < -0.39 is 36.0 Å². The molecule has 0 radical (unpaired) electrons. The standard InChI is InChI=1S/C19H35BN6O7/c1-12(2)10-17(20(30)31)23-18(29)14(6-4-8-22-19(21)24-26(32)33)11-16(28)15-7-5-9-25(15)13(3)27/h12,14-15,17,30-31H,4-11H2,1-3H3,(H,23,29)(H3,21,22,24)/t14-,15+,17+/m1/s1. The van der Waals surface area contributed by atoms with Gasteiger partial charge in [-0.3, -0.25) is 14.4 Å². The van der Waals surface area contributed by atoms with Crippen LogP contribution in [0.1, 0.15) is 59.3 Å². The summed E-state index contributed by atoms with van der Waals surface area (Å²) in [5.41, 5.74) is 7.09. The van der Waals surface area contributed by atoms with E-state index in [1.807, 2.05) is 13.8 Å². The second-order valence-electron chi connectivity index (χ2n) is 8.67. The summed E-state index contributed by atoms with van der Waals surface area (Å²) in [6, 6.07) is -0.578. The maximum atomic E-state index is 13.0. The number of likely N-dealkylation sites (tertiary alicyclic amines) is 1. The quantitative estimate of drug-likeness (QED) is 0.0558. The van der Waals surface area contributed by atoms with Gasteiger partial charge in [-0.1, -0.05) is 19.3 Å². The average molecular weight is 470 g/mol. The smallest absolute Gasteiger partial charge is 0.426 e. The van der Waals surface area contributed by atoms with Crippen molar-refractivity contribution < 1.29 is 29.5 Å². The van der Waals surface area contributed by atoms with Crippen LogP contribution in [0.4, 0.5) is 0 Å². The molecule has 2 amide bonds. The first-order valence-corrected chi connectivity index (χ1v) is 11.1. The second kappa shape index (κ2) is 13.7. The van der Waals surface area contributed by atoms with Crippen LogP contribution >= 0.6 is 0 Å². The molecule has 6 N–H and O–H groups in total. The van der Waals surface area contributed by atoms with Crippen LogP contribution in [-0.2, 0) is 14.4 Å². The Bertz CT molecular complexity index is 733. The predicted octanol–water partition coefficient (Wildman–Crippen LogP) is -1.01. The highest BCUT2D eigenvalue weighted by atomic mass is 16.7. The van der Waals surface area contributed by atoms with Gasteiger partial charge in [-0.2, -0.15) is 0 Å². The molecule has 0 saturated carbocycles. The first-order valence-electron chi connectivity index (χ1n) is 11.1. The Morgan fingerprint density at radius 3 is 2.55 bits per heavy atom. The van der Waals surface area contributed by atoms with Gasteiger partial charge in [-0.05, 0) is 38.0 Å². The summed E-state index contributed by atoms with van der Waals surface area (Å²) in [5.74, 6) is -2.91. The van der Waals surface area contributed by atoms with Crippen molar-refractivity contribution >= 4 is 30.7 Å². The predicted molar refractivity (Wildman–Crippen MR) is 121 cm³/mol. The Balaban J connectivity index is 2.88. The lowest BCUT2D eigenvalue weighted by molar-refractivity contribution is -0.525. The van der Waals surface area contributed by atoms with Crippen LogP contribution in [-0.4, -0.2) is 75.7 Å². The fourth-order valence-corrected chi connectivity index (χ4v) is 3.91. The number of ketones is 1. The lowest BCUT2D eigenvalue weighted by atomic mass is 9.74. The third-order valence-corrected chi connectivity index (χ3v) is 5.46. The molecule has 0 aliphatic carbocycles. The SMILES string of the molecule is CC(=O)N1CCC[C@H]1C(=O)C[C@@H](CCCN=C(N)N[N+](=O)[O-])C(=O)N[C@@H](CC(C)C)B(O)O. The van der Waals surface area contributed by atoms with Gasteiger partial charge in [0.15, 0.2) is 10.8 Å². The molecular formula is C19H35BN6O7. The number of hydrogen-bond acceptors (Lipinski definition) is 8. The van der Waals surface area contributed by atoms with E-state index in [9.17, 15) is 34.5 Å². The molecule has 1 saturated heterocycles. The minimum absolute atomic E-state index is 0.0890. The Labute approximate surface area is 193 Å². The van der Waals surface area contributed by atoms with Crippen LogP contribution in [0.25, 0.3) is 0 Å². The summed E-state index contributed by atoms with van der Waals surface area (Å²) in [5, 5.41) is 31.4. The Morgan fingerprint density at radius 1 is 1.33 bits per heavy atom. The molecule has 0 spiro atoms. The number of nitrogens with one attached hydrogen (secondary N) is 2. The molecule has 1 rings (SSSR count). The number of guanidine groups is 1. The number of nitro groups is 1. The fourth-order valence-electron chi connectivity index (χ4n) is 3.91. The summed E-state index contributed by atoms with van der Waals surface area (Å²) in [6.45, 7) is 5.73. The van der Waals surface area contributed by atoms with Crippen LogP contribution in [0.5, 0.6) is 0 Å². The summed E-state index contributed by atoms with van der Waals surface area (Å²) in [4.78, 5) is 53.4. The first kappa shape index (κ1) is 28.3. The van der Waals surface area contributed by atoms with Crippen molar-refractivity contribution in [3.8, 4) is 0 Å². The second-order valence-corrected chi connectivity index (χ2v) is 8.67. The topological polar surface area (TPSA) is 200 Å². The van der Waals surface area contributed by atoms with E-state index in [1.165, 1.54) is 11.8 Å². The fraction of sp³-hybridized carbons (Fsp3) is 0.789. The lowest BCUT2D eigenvalue weighted by Gasteiger charge is -2.26. The van der Waals surface area contributed by atoms with Gasteiger partial charge < -0.3 is 26.0 Å². The molecule has 14 heteroatoms. The number of hydrazine groups is 1. The van der Waals surface area contributed by atoms with Crippen LogP contribution in [0, 0.1) is 22.0 Å². The minimum Gasteiger partial charge on any atom is -0.426 e. The van der Waals surface area contributed by atoms with Gasteiger partial charge in [0.05, 0.1) is 12.0 Å². The van der Waals surface area contributed by atoms with E-state index in [0.29, 0.717) is 32.2 Å². The monoisotopic (exact) mass is 470 g/mol. The number of carbonyl (C=O) groups is 3. The van der Waals surface area contributed by atoms with E-state index in [-0.39, 0.29) is 43.0 Å². The molecule has 0 unspecified atom stereocenters. The van der Waals surface area contributed by atoms with Crippen LogP contribution in [0.15, 0.2) is 4.99 Å². The molecule has 186 valence electrons. The third-order valence-electron chi connectivity index (χ3n) is 5.46. The molecule has 33 heavy (non-hydrogen) atoms. The van der Waals surface area contributed by atoms with Crippen molar-refractivity contribution in [3.63, 3.8) is 0 Å². The highest BCUT2D eigenvalue weighted by Gasteiger charge is 2.35. The number of nitrogens with zero attached hydrogens (tertiary/aromatic N) is 3. The molecule has 1 aliphatic heterocycles. The Hall–Kier alpha value is -2.74. The van der Waals surface area contributed by atoms with Gasteiger partial charge in [0.2, 0.25) is 11.8 Å². The van der Waals surface area contributed by atoms with E-state index in [0.717, 1.165) is 0 Å². The zero-order valence-electron chi connectivity index (χ0n) is 19.4. The molecule has 0 aromatic carbocycles. The van der Waals surface area contributed by atoms with Crippen LogP contribution in [0.2, 0.25) is 0 Å². The van der Waals surface area contributed by atoms with E-state index in [4.69, 9.17) is 5.73 Å². The molecular weight excluding hydrogens is 435 g/mol. The highest BCUT2D eigenvalue weighted by molar-refractivity contribution is 6.43. The largest absolute Gasteiger partial charge is 0.475 e. The van der Waals surface area contributed by atoms with E-state index >= 15 is 0 Å². The first-order chi connectivity index (χ1) is 15.4. The van der Waals surface area contributed by atoms with Crippen molar-refractivity contribution in [2.75, 3.05) is 13.1 Å². The molecule has 1 aliphatic rings. The molecule has 0 aromatic rings. The van der Waals surface area contributed by atoms with Crippen molar-refractivity contribution in [2.45, 2.75) is 71.3 Å². The lowest BCUT2D eigenvalue weighted by Crippen LogP contribution is -2.49. The van der Waals surface area contributed by atoms with Gasteiger partial charge >= 0.3 is 7.12 Å². The van der Waals surface area contributed by atoms with Crippen molar-refractivity contribution in [2.24, 2.45) is 22.6 Å². The van der Waals surface area contributed by atoms with Crippen molar-refractivity contribution in [1.29, 1.82) is 0 Å². The number of nitrogens with two attached hydrogens (primary N) is 1. The van der Waals surface area contributed by atoms with Crippen molar-refractivity contribution in [1.82, 2.24) is 15.6 Å². The van der Waals surface area contributed by atoms with E-state index in [1.54, 1.807) is 5.43 Å². The number of carbonyl (C=O) groups excluding carboxylic acids is 3. The molecule has 1 fully saturated rings. The number of Topliss-reactive ketones (excluding diaryl/α,β-unsaturated/α-hetero) is 1. The average Bonchev–Trinajstić information content (AvgIpc) is 3.19. The Morgan fingerprint density at radius 2 is 2.00 bits per heavy atom. The summed E-state index contributed by atoms with van der Waals surface area (Å²) < 4.78 is 0. The zero-order chi connectivity index (χ0) is 25.1. The molecule has 13 nitrogen and oxygen atoms in total. The maximum absolute atomic E-state index is 13.0. The molecule has 0 aromatic heterocycles. The molecule has 0 bridgehead atoms. The Kier molecular flexibility index (Phi) is 11.8. The van der Waals surface area contributed by atoms with Gasteiger partial charge in [-0.25, -0.2) is 15.1 Å². The number of aliphatic imine (C=N–C) groups is 1.